The molecule has 0 aliphatic heterocycles. The lowest BCUT2D eigenvalue weighted by atomic mass is 9.71. The summed E-state index contributed by atoms with van der Waals surface area (Å²) in [6, 6.07) is 6.74. The van der Waals surface area contributed by atoms with Crippen LogP contribution in [0.25, 0.3) is 0 Å². The molecule has 1 heteroatoms. The molecule has 2 N–H and O–H groups in total. The van der Waals surface area contributed by atoms with Gasteiger partial charge in [-0.05, 0) is 37.7 Å². The average Bonchev–Trinajstić information content (AvgIpc) is 2.41. The molecule has 1 aromatic rings. The zero-order valence-electron chi connectivity index (χ0n) is 10.9. The van der Waals surface area contributed by atoms with Crippen molar-refractivity contribution in [1.29, 1.82) is 0 Å². The molecule has 2 rings (SSSR count). The fraction of sp³-hybridized carbons (Fsp3) is 0.600. The lowest BCUT2D eigenvalue weighted by Crippen LogP contribution is -2.45. The van der Waals surface area contributed by atoms with Gasteiger partial charge in [0.1, 0.15) is 0 Å². The molecule has 0 aromatic heterocycles. The van der Waals surface area contributed by atoms with Crippen molar-refractivity contribution >= 4 is 0 Å². The molecule has 1 unspecified atom stereocenters. The van der Waals surface area contributed by atoms with E-state index in [9.17, 15) is 0 Å². The van der Waals surface area contributed by atoms with Crippen LogP contribution in [0.4, 0.5) is 0 Å². The van der Waals surface area contributed by atoms with Gasteiger partial charge in [0.25, 0.3) is 0 Å². The van der Waals surface area contributed by atoms with Crippen LogP contribution in [0.3, 0.4) is 0 Å². The molecule has 0 radical (unpaired) electrons. The molecule has 0 spiro atoms. The van der Waals surface area contributed by atoms with Crippen LogP contribution in [0.5, 0.6) is 0 Å². The van der Waals surface area contributed by atoms with E-state index in [0.29, 0.717) is 0 Å². The quantitative estimate of drug-likeness (QED) is 0.763. The summed E-state index contributed by atoms with van der Waals surface area (Å²) in [5.74, 6) is 0. The number of hydrogen-bond acceptors (Lipinski definition) is 1. The van der Waals surface area contributed by atoms with Crippen molar-refractivity contribution < 1.29 is 0 Å². The smallest absolute Gasteiger partial charge is 0.0461 e. The summed E-state index contributed by atoms with van der Waals surface area (Å²) in [4.78, 5) is 0. The summed E-state index contributed by atoms with van der Waals surface area (Å²) in [6.07, 6.45) is 3.59. The van der Waals surface area contributed by atoms with Crippen molar-refractivity contribution in [3.63, 3.8) is 0 Å². The molecule has 1 aliphatic rings. The van der Waals surface area contributed by atoms with Gasteiger partial charge in [0.05, 0.1) is 0 Å². The van der Waals surface area contributed by atoms with Gasteiger partial charge in [-0.15, -0.1) is 0 Å². The van der Waals surface area contributed by atoms with Crippen molar-refractivity contribution in [3.05, 3.63) is 34.9 Å². The summed E-state index contributed by atoms with van der Waals surface area (Å²) >= 11 is 0. The fourth-order valence-corrected chi connectivity index (χ4v) is 3.14. The Morgan fingerprint density at radius 1 is 1.00 bits per heavy atom. The molecule has 1 aliphatic carbocycles. The molecular weight excluding hydrogens is 194 g/mol. The Labute approximate surface area is 99.0 Å². The Hall–Kier alpha value is -0.820. The third kappa shape index (κ3) is 1.67. The lowest BCUT2D eigenvalue weighted by Gasteiger charge is -2.39. The minimum atomic E-state index is -0.135. The summed E-state index contributed by atoms with van der Waals surface area (Å²) in [6.45, 7) is 8.92. The zero-order valence-corrected chi connectivity index (χ0v) is 10.9. The second kappa shape index (κ2) is 3.59. The highest BCUT2D eigenvalue weighted by Gasteiger charge is 2.46. The molecule has 1 nitrogen and oxygen atoms in total. The molecule has 1 fully saturated rings. The largest absolute Gasteiger partial charge is 0.321 e. The molecule has 16 heavy (non-hydrogen) atoms. The van der Waals surface area contributed by atoms with E-state index in [0.717, 1.165) is 6.42 Å². The first-order chi connectivity index (χ1) is 7.35. The predicted octanol–water partition coefficient (Wildman–Crippen LogP) is 3.67. The van der Waals surface area contributed by atoms with Gasteiger partial charge in [0, 0.05) is 5.54 Å². The molecule has 1 atom stereocenters. The molecular formula is C15H23N. The summed E-state index contributed by atoms with van der Waals surface area (Å²) in [5, 5.41) is 0. The zero-order chi connectivity index (χ0) is 12.0. The van der Waals surface area contributed by atoms with E-state index in [1.807, 2.05) is 0 Å². The maximum absolute atomic E-state index is 6.70. The van der Waals surface area contributed by atoms with Crippen molar-refractivity contribution in [2.24, 2.45) is 11.1 Å². The van der Waals surface area contributed by atoms with E-state index in [4.69, 9.17) is 5.73 Å². The number of nitrogens with two attached hydrogens (primary N) is 1. The molecule has 0 bridgehead atoms. The van der Waals surface area contributed by atoms with E-state index in [1.54, 1.807) is 0 Å². The van der Waals surface area contributed by atoms with Gasteiger partial charge < -0.3 is 5.73 Å². The van der Waals surface area contributed by atoms with Crippen LogP contribution in [0.1, 0.15) is 49.8 Å². The summed E-state index contributed by atoms with van der Waals surface area (Å²) in [5.41, 5.74) is 10.7. The van der Waals surface area contributed by atoms with Gasteiger partial charge in [0.2, 0.25) is 0 Å². The second-order valence-electron chi connectivity index (χ2n) is 6.09. The maximum atomic E-state index is 6.70. The second-order valence-corrected chi connectivity index (χ2v) is 6.09. The van der Waals surface area contributed by atoms with Crippen LogP contribution in [0.15, 0.2) is 18.2 Å². The minimum Gasteiger partial charge on any atom is -0.321 e. The van der Waals surface area contributed by atoms with E-state index in [-0.39, 0.29) is 11.0 Å². The number of hydrogen-bond donors (Lipinski definition) is 1. The van der Waals surface area contributed by atoms with Gasteiger partial charge in [-0.2, -0.15) is 0 Å². The minimum absolute atomic E-state index is 0.135. The topological polar surface area (TPSA) is 26.0 Å². The van der Waals surface area contributed by atoms with Crippen molar-refractivity contribution in [2.75, 3.05) is 0 Å². The number of benzene rings is 1. The van der Waals surface area contributed by atoms with Crippen LogP contribution in [0, 0.1) is 19.3 Å². The first kappa shape index (κ1) is 11.7. The van der Waals surface area contributed by atoms with Crippen molar-refractivity contribution in [1.82, 2.24) is 0 Å². The van der Waals surface area contributed by atoms with E-state index < -0.39 is 0 Å². The van der Waals surface area contributed by atoms with Crippen LogP contribution >= 0.6 is 0 Å². The number of rotatable bonds is 1. The SMILES string of the molecule is Cc1cc(C)cc(C2(N)CCCC2(C)C)c1. The standard InChI is InChI=1S/C15H23N/c1-11-8-12(2)10-13(9-11)15(16)7-5-6-14(15,3)4/h8-10H,5-7,16H2,1-4H3. The fourth-order valence-electron chi connectivity index (χ4n) is 3.14. The Bertz CT molecular complexity index is 386. The first-order valence-corrected chi connectivity index (χ1v) is 6.23. The third-order valence-electron chi connectivity index (χ3n) is 4.32. The molecule has 1 aromatic carbocycles. The average molecular weight is 217 g/mol. The Morgan fingerprint density at radius 2 is 1.56 bits per heavy atom. The highest BCUT2D eigenvalue weighted by Crippen LogP contribution is 2.50. The van der Waals surface area contributed by atoms with Crippen molar-refractivity contribution in [3.8, 4) is 0 Å². The van der Waals surface area contributed by atoms with E-state index in [2.05, 4.69) is 45.9 Å². The maximum Gasteiger partial charge on any atom is 0.0461 e. The highest BCUT2D eigenvalue weighted by atomic mass is 14.8. The summed E-state index contributed by atoms with van der Waals surface area (Å²) in [7, 11) is 0. The normalized spacial score (nSPS) is 28.3. The van der Waals surface area contributed by atoms with Gasteiger partial charge in [-0.25, -0.2) is 0 Å². The monoisotopic (exact) mass is 217 g/mol. The van der Waals surface area contributed by atoms with E-state index >= 15 is 0 Å². The first-order valence-electron chi connectivity index (χ1n) is 6.23. The summed E-state index contributed by atoms with van der Waals surface area (Å²) < 4.78 is 0. The Kier molecular flexibility index (Phi) is 2.62. The van der Waals surface area contributed by atoms with E-state index in [1.165, 1.54) is 29.5 Å². The van der Waals surface area contributed by atoms with Crippen LogP contribution in [0.2, 0.25) is 0 Å². The van der Waals surface area contributed by atoms with Crippen molar-refractivity contribution in [2.45, 2.75) is 52.5 Å². The predicted molar refractivity (Wildman–Crippen MR) is 69.4 cm³/mol. The third-order valence-corrected chi connectivity index (χ3v) is 4.32. The molecule has 0 saturated heterocycles. The molecule has 0 amide bonds. The molecule has 88 valence electrons. The van der Waals surface area contributed by atoms with Crippen LogP contribution in [-0.4, -0.2) is 0 Å². The molecule has 0 heterocycles. The van der Waals surface area contributed by atoms with Gasteiger partial charge in [-0.1, -0.05) is 49.6 Å². The highest BCUT2D eigenvalue weighted by molar-refractivity contribution is 5.35. The van der Waals surface area contributed by atoms with Gasteiger partial charge in [0.15, 0.2) is 0 Å². The van der Waals surface area contributed by atoms with Gasteiger partial charge in [-0.3, -0.25) is 0 Å². The van der Waals surface area contributed by atoms with Crippen LogP contribution < -0.4 is 5.73 Å². The Morgan fingerprint density at radius 3 is 2.00 bits per heavy atom. The van der Waals surface area contributed by atoms with Gasteiger partial charge >= 0.3 is 0 Å². The lowest BCUT2D eigenvalue weighted by molar-refractivity contribution is 0.210. The Balaban J connectivity index is 2.50. The number of aryl methyl sites for hydroxylation is 2. The van der Waals surface area contributed by atoms with Crippen LogP contribution in [-0.2, 0) is 5.54 Å². The molecule has 1 saturated carbocycles.